The first-order chi connectivity index (χ1) is 9.31. The lowest BCUT2D eigenvalue weighted by atomic mass is 9.96. The smallest absolute Gasteiger partial charge is 0.204 e. The Morgan fingerprint density at radius 2 is 1.85 bits per heavy atom. The van der Waals surface area contributed by atoms with Gasteiger partial charge in [0.1, 0.15) is 0 Å². The molecule has 0 N–H and O–H groups in total. The fraction of sp³-hybridized carbons (Fsp3) is 0.467. The van der Waals surface area contributed by atoms with Crippen LogP contribution < -0.4 is 0 Å². The monoisotopic (exact) mass is 290 g/mol. The number of sulfone groups is 1. The van der Waals surface area contributed by atoms with Gasteiger partial charge in [-0.25, -0.2) is 8.42 Å². The van der Waals surface area contributed by atoms with Crippen LogP contribution in [0.3, 0.4) is 0 Å². The minimum Gasteiger partial charge on any atom is -0.221 e. The summed E-state index contributed by atoms with van der Waals surface area (Å²) in [5.41, 5.74) is -0.163. The highest BCUT2D eigenvalue weighted by molar-refractivity contribution is 7.92. The van der Waals surface area contributed by atoms with Crippen LogP contribution in [0, 0.1) is 23.2 Å². The van der Waals surface area contributed by atoms with E-state index in [9.17, 15) is 8.42 Å². The molecular weight excluding hydrogens is 272 g/mol. The fourth-order valence-corrected chi connectivity index (χ4v) is 3.43. The van der Waals surface area contributed by atoms with Gasteiger partial charge in [0.05, 0.1) is 17.4 Å². The highest BCUT2D eigenvalue weighted by atomic mass is 32.2. The number of benzene rings is 1. The molecule has 0 spiro atoms. The van der Waals surface area contributed by atoms with Crippen molar-refractivity contribution in [1.82, 2.24) is 0 Å². The molecule has 0 unspecified atom stereocenters. The Morgan fingerprint density at radius 1 is 1.20 bits per heavy atom. The molecule has 0 radical (unpaired) electrons. The molecule has 0 saturated heterocycles. The zero-order chi connectivity index (χ0) is 14.8. The predicted molar refractivity (Wildman–Crippen MR) is 77.9 cm³/mol. The van der Waals surface area contributed by atoms with Crippen LogP contribution in [-0.2, 0) is 9.84 Å². The summed E-state index contributed by atoms with van der Waals surface area (Å²) < 4.78 is 25.1. The van der Waals surface area contributed by atoms with Crippen molar-refractivity contribution in [3.8, 4) is 11.8 Å². The molecule has 4 nitrogen and oxygen atoms in total. The molecule has 2 rings (SSSR count). The zero-order valence-corrected chi connectivity index (χ0v) is 12.7. The average Bonchev–Trinajstić information content (AvgIpc) is 2.86. The molecule has 0 saturated carbocycles. The van der Waals surface area contributed by atoms with Gasteiger partial charge in [-0.15, -0.1) is 0 Å². The van der Waals surface area contributed by atoms with Crippen LogP contribution in [0.4, 0.5) is 0 Å². The van der Waals surface area contributed by atoms with Gasteiger partial charge < -0.3 is 0 Å². The van der Waals surface area contributed by atoms with E-state index in [0.29, 0.717) is 6.54 Å². The van der Waals surface area contributed by atoms with Gasteiger partial charge in [0.2, 0.25) is 9.84 Å². The summed E-state index contributed by atoms with van der Waals surface area (Å²) in [4.78, 5) is 0.272. The van der Waals surface area contributed by atoms with Crippen LogP contribution in [0.5, 0.6) is 0 Å². The van der Waals surface area contributed by atoms with E-state index in [1.165, 1.54) is 0 Å². The van der Waals surface area contributed by atoms with Crippen molar-refractivity contribution in [3.63, 3.8) is 0 Å². The fourth-order valence-electron chi connectivity index (χ4n) is 1.84. The second-order valence-electron chi connectivity index (χ2n) is 5.81. The molecule has 2 atom stereocenters. The summed E-state index contributed by atoms with van der Waals surface area (Å²) in [7, 11) is -3.52. The van der Waals surface area contributed by atoms with Crippen LogP contribution in [0.1, 0.15) is 20.8 Å². The maximum absolute atomic E-state index is 12.5. The molecule has 20 heavy (non-hydrogen) atoms. The standard InChI is InChI=1S/C15H18N2O2S/c1-15(2,3)10-9-12-11-16-17-14(12)20(18,19)13-7-5-4-6-8-13/h4-8,12,14H,11H2,1-3H3/t12-,14+/m1/s1. The average molecular weight is 290 g/mol. The van der Waals surface area contributed by atoms with Crippen molar-refractivity contribution in [2.24, 2.45) is 21.6 Å². The first-order valence-corrected chi connectivity index (χ1v) is 8.03. The summed E-state index contributed by atoms with van der Waals surface area (Å²) >= 11 is 0. The molecule has 0 aromatic heterocycles. The Labute approximate surface area is 120 Å². The van der Waals surface area contributed by atoms with E-state index in [1.54, 1.807) is 30.3 Å². The van der Waals surface area contributed by atoms with E-state index in [4.69, 9.17) is 0 Å². The predicted octanol–water partition coefficient (Wildman–Crippen LogP) is 2.92. The first kappa shape index (κ1) is 14.7. The van der Waals surface area contributed by atoms with Gasteiger partial charge in [0, 0.05) is 5.41 Å². The lowest BCUT2D eigenvalue weighted by Gasteiger charge is -2.13. The van der Waals surface area contributed by atoms with E-state index < -0.39 is 15.2 Å². The Bertz CT molecular complexity index is 661. The first-order valence-electron chi connectivity index (χ1n) is 6.49. The summed E-state index contributed by atoms with van der Waals surface area (Å²) in [5, 5.41) is 6.89. The molecule has 0 fully saturated rings. The van der Waals surface area contributed by atoms with Crippen molar-refractivity contribution in [1.29, 1.82) is 0 Å². The third-order valence-electron chi connectivity index (χ3n) is 2.84. The van der Waals surface area contributed by atoms with Crippen LogP contribution in [0.2, 0.25) is 0 Å². The third kappa shape index (κ3) is 3.26. The SMILES string of the molecule is CC(C)(C)C#C[C@@H]1CN=N[C@H]1S(=O)(=O)c1ccccc1. The number of nitrogens with zero attached hydrogens (tertiary/aromatic N) is 2. The lowest BCUT2D eigenvalue weighted by Crippen LogP contribution is -2.26. The van der Waals surface area contributed by atoms with Gasteiger partial charge >= 0.3 is 0 Å². The maximum atomic E-state index is 12.5. The molecule has 0 bridgehead atoms. The molecule has 1 aliphatic rings. The molecule has 1 heterocycles. The molecule has 1 aromatic rings. The maximum Gasteiger partial charge on any atom is 0.204 e. The minimum absolute atomic E-state index is 0.163. The van der Waals surface area contributed by atoms with E-state index in [2.05, 4.69) is 22.1 Å². The minimum atomic E-state index is -3.52. The van der Waals surface area contributed by atoms with Gasteiger partial charge in [0.25, 0.3) is 0 Å². The highest BCUT2D eigenvalue weighted by Gasteiger charge is 2.37. The van der Waals surface area contributed by atoms with Gasteiger partial charge in [-0.05, 0) is 32.9 Å². The lowest BCUT2D eigenvalue weighted by molar-refractivity contribution is 0.559. The van der Waals surface area contributed by atoms with Gasteiger partial charge in [-0.1, -0.05) is 30.0 Å². The molecule has 1 aromatic carbocycles. The van der Waals surface area contributed by atoms with Crippen LogP contribution in [-0.4, -0.2) is 20.3 Å². The summed E-state index contributed by atoms with van der Waals surface area (Å²) in [6.45, 7) is 6.32. The van der Waals surface area contributed by atoms with E-state index in [-0.39, 0.29) is 16.2 Å². The molecule has 5 heteroatoms. The molecule has 1 aliphatic heterocycles. The Hall–Kier alpha value is -1.67. The number of rotatable bonds is 2. The van der Waals surface area contributed by atoms with E-state index >= 15 is 0 Å². The molecule has 106 valence electrons. The summed E-state index contributed by atoms with van der Waals surface area (Å²) in [6, 6.07) is 8.35. The van der Waals surface area contributed by atoms with Crippen molar-refractivity contribution < 1.29 is 8.42 Å². The Kier molecular flexibility index (Phi) is 3.96. The quantitative estimate of drug-likeness (QED) is 0.786. The van der Waals surface area contributed by atoms with Gasteiger partial charge in [-0.2, -0.15) is 10.2 Å². The Morgan fingerprint density at radius 3 is 2.45 bits per heavy atom. The second-order valence-corrected chi connectivity index (χ2v) is 7.86. The molecular formula is C15H18N2O2S. The largest absolute Gasteiger partial charge is 0.221 e. The van der Waals surface area contributed by atoms with Crippen molar-refractivity contribution in [3.05, 3.63) is 30.3 Å². The third-order valence-corrected chi connectivity index (χ3v) is 4.83. The number of azo groups is 1. The molecule has 0 aliphatic carbocycles. The van der Waals surface area contributed by atoms with E-state index in [0.717, 1.165) is 0 Å². The second kappa shape index (κ2) is 5.37. The van der Waals surface area contributed by atoms with Crippen LogP contribution in [0.15, 0.2) is 45.5 Å². The summed E-state index contributed by atoms with van der Waals surface area (Å²) in [6.07, 6.45) is 0. The van der Waals surface area contributed by atoms with Crippen molar-refractivity contribution in [2.75, 3.05) is 6.54 Å². The zero-order valence-electron chi connectivity index (χ0n) is 11.9. The van der Waals surface area contributed by atoms with Crippen LogP contribution in [0.25, 0.3) is 0 Å². The van der Waals surface area contributed by atoms with Gasteiger partial charge in [0.15, 0.2) is 5.37 Å². The number of hydrogen-bond acceptors (Lipinski definition) is 4. The number of hydrogen-bond donors (Lipinski definition) is 0. The normalized spacial score (nSPS) is 22.4. The summed E-state index contributed by atoms with van der Waals surface area (Å²) in [5.74, 6) is 5.75. The Balaban J connectivity index is 2.31. The van der Waals surface area contributed by atoms with Crippen LogP contribution >= 0.6 is 0 Å². The van der Waals surface area contributed by atoms with E-state index in [1.807, 2.05) is 20.8 Å². The highest BCUT2D eigenvalue weighted by Crippen LogP contribution is 2.27. The van der Waals surface area contributed by atoms with Crippen molar-refractivity contribution >= 4 is 9.84 Å². The molecule has 0 amide bonds. The van der Waals surface area contributed by atoms with Crippen molar-refractivity contribution in [2.45, 2.75) is 31.0 Å². The topological polar surface area (TPSA) is 58.9 Å². The van der Waals surface area contributed by atoms with Gasteiger partial charge in [-0.3, -0.25) is 0 Å².